The molecule has 0 bridgehead atoms. The first-order chi connectivity index (χ1) is 14.0. The first-order valence-corrected chi connectivity index (χ1v) is 10.5. The van der Waals surface area contributed by atoms with E-state index in [1.165, 1.54) is 11.3 Å². The maximum absolute atomic E-state index is 13.7. The van der Waals surface area contributed by atoms with Gasteiger partial charge >= 0.3 is 0 Å². The quantitative estimate of drug-likeness (QED) is 0.645. The molecule has 0 spiro atoms. The van der Waals surface area contributed by atoms with Crippen LogP contribution < -0.4 is 5.73 Å². The van der Waals surface area contributed by atoms with Crippen LogP contribution in [0.4, 0.5) is 0 Å². The van der Waals surface area contributed by atoms with Crippen molar-refractivity contribution in [2.45, 2.75) is 32.4 Å². The third kappa shape index (κ3) is 4.22. The summed E-state index contributed by atoms with van der Waals surface area (Å²) in [6.07, 6.45) is 1.82. The molecule has 2 amide bonds. The van der Waals surface area contributed by atoms with Gasteiger partial charge in [-0.1, -0.05) is 60.7 Å². The summed E-state index contributed by atoms with van der Waals surface area (Å²) < 4.78 is 0. The Bertz CT molecular complexity index is 1010. The van der Waals surface area contributed by atoms with E-state index in [0.717, 1.165) is 33.9 Å². The van der Waals surface area contributed by atoms with Crippen molar-refractivity contribution in [3.05, 3.63) is 76.9 Å². The smallest absolute Gasteiger partial charge is 0.274 e. The van der Waals surface area contributed by atoms with Crippen LogP contribution in [0.5, 0.6) is 0 Å². The van der Waals surface area contributed by atoms with Gasteiger partial charge in [0.15, 0.2) is 0 Å². The first-order valence-electron chi connectivity index (χ1n) is 9.71. The van der Waals surface area contributed by atoms with E-state index in [4.69, 9.17) is 5.73 Å². The average molecular weight is 406 g/mol. The number of nitrogens with two attached hydrogens (primary N) is 1. The zero-order valence-electron chi connectivity index (χ0n) is 16.2. The minimum absolute atomic E-state index is 0.125. The first kappa shape index (κ1) is 19.3. The minimum atomic E-state index is -0.617. The molecule has 1 heterocycles. The fraction of sp³-hybridized carbons (Fsp3) is 0.261. The van der Waals surface area contributed by atoms with Crippen LogP contribution in [0.15, 0.2) is 60.7 Å². The Morgan fingerprint density at radius 1 is 1.10 bits per heavy atom. The highest BCUT2D eigenvalue weighted by molar-refractivity contribution is 7.15. The summed E-state index contributed by atoms with van der Waals surface area (Å²) in [7, 11) is 0. The molecule has 1 saturated carbocycles. The van der Waals surface area contributed by atoms with Crippen LogP contribution in [0.25, 0.3) is 10.4 Å². The molecule has 0 saturated heterocycles. The van der Waals surface area contributed by atoms with E-state index >= 15 is 0 Å². The molecule has 29 heavy (non-hydrogen) atoms. The number of amides is 2. The maximum Gasteiger partial charge on any atom is 0.274 e. The van der Waals surface area contributed by atoms with Gasteiger partial charge in [-0.2, -0.15) is 0 Å². The van der Waals surface area contributed by atoms with E-state index in [2.05, 4.69) is 4.98 Å². The molecule has 1 aliphatic rings. The number of carbonyl (C=O) groups excluding carboxylic acids is 2. The van der Waals surface area contributed by atoms with E-state index in [9.17, 15) is 9.59 Å². The number of aryl methyl sites for hydroxylation is 1. The van der Waals surface area contributed by atoms with Crippen molar-refractivity contribution in [3.63, 3.8) is 0 Å². The Labute approximate surface area is 174 Å². The zero-order valence-corrected chi connectivity index (χ0v) is 17.1. The van der Waals surface area contributed by atoms with Gasteiger partial charge < -0.3 is 10.6 Å². The maximum atomic E-state index is 13.7. The van der Waals surface area contributed by atoms with Gasteiger partial charge in [0.05, 0.1) is 9.88 Å². The lowest BCUT2D eigenvalue weighted by Gasteiger charge is -2.30. The zero-order chi connectivity index (χ0) is 20.4. The van der Waals surface area contributed by atoms with Gasteiger partial charge in [-0.15, -0.1) is 11.3 Å². The van der Waals surface area contributed by atoms with Crippen molar-refractivity contribution < 1.29 is 9.59 Å². The lowest BCUT2D eigenvalue weighted by molar-refractivity contribution is -0.123. The predicted octanol–water partition coefficient (Wildman–Crippen LogP) is 4.02. The van der Waals surface area contributed by atoms with Gasteiger partial charge in [0.2, 0.25) is 5.91 Å². The Morgan fingerprint density at radius 3 is 2.31 bits per heavy atom. The van der Waals surface area contributed by atoms with Crippen LogP contribution in [-0.4, -0.2) is 27.7 Å². The summed E-state index contributed by atoms with van der Waals surface area (Å²) in [5, 5.41) is 0.814. The van der Waals surface area contributed by atoms with Gasteiger partial charge in [-0.25, -0.2) is 4.98 Å². The summed E-state index contributed by atoms with van der Waals surface area (Å²) in [4.78, 5) is 33.0. The molecule has 1 fully saturated rings. The van der Waals surface area contributed by atoms with Crippen LogP contribution in [-0.2, 0) is 11.3 Å². The average Bonchev–Trinajstić information content (AvgIpc) is 3.48. The molecule has 1 aliphatic carbocycles. The third-order valence-corrected chi connectivity index (χ3v) is 6.14. The summed E-state index contributed by atoms with van der Waals surface area (Å²) in [6.45, 7) is 2.22. The second-order valence-electron chi connectivity index (χ2n) is 7.38. The third-order valence-electron chi connectivity index (χ3n) is 5.13. The monoisotopic (exact) mass is 405 g/mol. The van der Waals surface area contributed by atoms with Crippen molar-refractivity contribution in [1.29, 1.82) is 0 Å². The highest BCUT2D eigenvalue weighted by atomic mass is 32.1. The van der Waals surface area contributed by atoms with Gasteiger partial charge in [0.25, 0.3) is 5.91 Å². The van der Waals surface area contributed by atoms with Gasteiger partial charge in [0, 0.05) is 6.54 Å². The Hall–Kier alpha value is -2.99. The van der Waals surface area contributed by atoms with Crippen molar-refractivity contribution in [2.75, 3.05) is 0 Å². The number of nitrogens with zero attached hydrogens (tertiary/aromatic N) is 2. The molecule has 1 unspecified atom stereocenters. The molecule has 1 atom stereocenters. The fourth-order valence-electron chi connectivity index (χ4n) is 3.62. The Kier molecular flexibility index (Phi) is 5.45. The SMILES string of the molecule is Cc1nc(C(=O)N(Cc2ccccc2)C(C(N)=O)C2CC2)c(-c2ccccc2)s1. The number of primary amides is 1. The molecular formula is C23H23N3O2S. The van der Waals surface area contributed by atoms with Crippen molar-refractivity contribution in [1.82, 2.24) is 9.88 Å². The normalized spacial score (nSPS) is 14.4. The largest absolute Gasteiger partial charge is 0.368 e. The molecular weight excluding hydrogens is 382 g/mol. The van der Waals surface area contributed by atoms with Crippen LogP contribution >= 0.6 is 11.3 Å². The highest BCUT2D eigenvalue weighted by Gasteiger charge is 2.42. The molecule has 0 radical (unpaired) electrons. The van der Waals surface area contributed by atoms with Crippen LogP contribution in [0, 0.1) is 12.8 Å². The standard InChI is InChI=1S/C23H23N3O2S/c1-15-25-19(21(29-15)18-10-6-3-7-11-18)23(28)26(14-16-8-4-2-5-9-16)20(22(24)27)17-12-13-17/h2-11,17,20H,12-14H2,1H3,(H2,24,27). The van der Waals surface area contributed by atoms with E-state index in [0.29, 0.717) is 12.2 Å². The predicted molar refractivity (Wildman–Crippen MR) is 114 cm³/mol. The van der Waals surface area contributed by atoms with Crippen LogP contribution in [0.2, 0.25) is 0 Å². The number of benzene rings is 2. The molecule has 5 nitrogen and oxygen atoms in total. The number of hydrogen-bond donors (Lipinski definition) is 1. The molecule has 3 aromatic rings. The van der Waals surface area contributed by atoms with E-state index in [-0.39, 0.29) is 11.8 Å². The summed E-state index contributed by atoms with van der Waals surface area (Å²) >= 11 is 1.49. The van der Waals surface area contributed by atoms with Gasteiger partial charge in [0.1, 0.15) is 11.7 Å². The summed E-state index contributed by atoms with van der Waals surface area (Å²) in [5.41, 5.74) is 8.05. The van der Waals surface area contributed by atoms with Gasteiger partial charge in [-0.3, -0.25) is 9.59 Å². The number of hydrogen-bond acceptors (Lipinski definition) is 4. The fourth-order valence-corrected chi connectivity index (χ4v) is 4.54. The second-order valence-corrected chi connectivity index (χ2v) is 8.58. The molecule has 148 valence electrons. The van der Waals surface area contributed by atoms with Crippen molar-refractivity contribution in [2.24, 2.45) is 11.7 Å². The molecule has 2 aromatic carbocycles. The molecule has 4 rings (SSSR count). The molecule has 6 heteroatoms. The number of carbonyl (C=O) groups is 2. The van der Waals surface area contributed by atoms with E-state index in [1.54, 1.807) is 4.90 Å². The Morgan fingerprint density at radius 2 is 1.72 bits per heavy atom. The minimum Gasteiger partial charge on any atom is -0.368 e. The van der Waals surface area contributed by atoms with Gasteiger partial charge in [-0.05, 0) is 36.8 Å². The topological polar surface area (TPSA) is 76.3 Å². The van der Waals surface area contributed by atoms with Crippen LogP contribution in [0.3, 0.4) is 0 Å². The lowest BCUT2D eigenvalue weighted by Crippen LogP contribution is -2.49. The number of aromatic nitrogens is 1. The van der Waals surface area contributed by atoms with Crippen molar-refractivity contribution in [3.8, 4) is 10.4 Å². The molecule has 1 aromatic heterocycles. The molecule has 2 N–H and O–H groups in total. The van der Waals surface area contributed by atoms with E-state index < -0.39 is 11.9 Å². The lowest BCUT2D eigenvalue weighted by atomic mass is 10.1. The van der Waals surface area contributed by atoms with Crippen LogP contribution in [0.1, 0.15) is 33.9 Å². The number of rotatable bonds is 7. The summed E-state index contributed by atoms with van der Waals surface area (Å²) in [5.74, 6) is -0.571. The molecule has 0 aliphatic heterocycles. The second kappa shape index (κ2) is 8.17. The number of thiazole rings is 1. The Balaban J connectivity index is 1.75. The van der Waals surface area contributed by atoms with E-state index in [1.807, 2.05) is 67.6 Å². The highest BCUT2D eigenvalue weighted by Crippen LogP contribution is 2.38. The summed E-state index contributed by atoms with van der Waals surface area (Å²) in [6, 6.07) is 18.8. The van der Waals surface area contributed by atoms with Crippen molar-refractivity contribution >= 4 is 23.2 Å².